The van der Waals surface area contributed by atoms with Crippen molar-refractivity contribution < 1.29 is 28.6 Å². The van der Waals surface area contributed by atoms with Crippen molar-refractivity contribution in [1.29, 1.82) is 0 Å². The van der Waals surface area contributed by atoms with Gasteiger partial charge in [-0.15, -0.1) is 0 Å². The molecular weight excluding hydrogens is 364 g/mol. The molecule has 1 atom stereocenters. The van der Waals surface area contributed by atoms with Crippen LogP contribution in [0.4, 0.5) is 5.69 Å². The minimum absolute atomic E-state index is 0.0590. The number of hydrogen-bond donors (Lipinski definition) is 2. The number of para-hydroxylation sites is 1. The Morgan fingerprint density at radius 2 is 1.89 bits per heavy atom. The highest BCUT2D eigenvalue weighted by molar-refractivity contribution is 6.21. The minimum Gasteiger partial charge on any atom is -0.462 e. The molecule has 28 heavy (non-hydrogen) atoms. The summed E-state index contributed by atoms with van der Waals surface area (Å²) in [6.07, 6.45) is -0.446. The third-order valence-corrected chi connectivity index (χ3v) is 4.56. The number of benzene rings is 1. The summed E-state index contributed by atoms with van der Waals surface area (Å²) in [4.78, 5) is 39.2. The van der Waals surface area contributed by atoms with Crippen LogP contribution in [0.2, 0.25) is 0 Å². The summed E-state index contributed by atoms with van der Waals surface area (Å²) >= 11 is 0. The molecule has 1 spiro atoms. The number of nitrogens with two attached hydrogens (primary N) is 1. The molecule has 148 valence electrons. The van der Waals surface area contributed by atoms with Gasteiger partial charge >= 0.3 is 11.9 Å². The maximum atomic E-state index is 13.3. The Hall–Kier alpha value is -3.29. The van der Waals surface area contributed by atoms with Gasteiger partial charge in [0.15, 0.2) is 0 Å². The van der Waals surface area contributed by atoms with Crippen LogP contribution in [0.3, 0.4) is 0 Å². The highest BCUT2D eigenvalue weighted by Crippen LogP contribution is 2.52. The zero-order valence-corrected chi connectivity index (χ0v) is 16.1. The fraction of sp³-hybridized carbons (Fsp3) is 0.350. The van der Waals surface area contributed by atoms with Crippen molar-refractivity contribution in [2.75, 3.05) is 11.9 Å². The van der Waals surface area contributed by atoms with Crippen molar-refractivity contribution in [1.82, 2.24) is 0 Å². The number of esters is 2. The molecule has 0 unspecified atom stereocenters. The predicted octanol–water partition coefficient (Wildman–Crippen LogP) is 1.87. The first kappa shape index (κ1) is 19.5. The summed E-state index contributed by atoms with van der Waals surface area (Å²) in [5, 5.41) is 2.73. The number of hydrogen-bond acceptors (Lipinski definition) is 7. The van der Waals surface area contributed by atoms with Crippen LogP contribution in [0.1, 0.15) is 33.3 Å². The third kappa shape index (κ3) is 2.72. The molecule has 0 saturated carbocycles. The first-order valence-electron chi connectivity index (χ1n) is 8.93. The van der Waals surface area contributed by atoms with E-state index in [4.69, 9.17) is 19.9 Å². The fourth-order valence-electron chi connectivity index (χ4n) is 3.62. The molecule has 3 rings (SSSR count). The number of anilines is 1. The molecule has 2 heterocycles. The van der Waals surface area contributed by atoms with Crippen LogP contribution in [0.15, 0.2) is 47.1 Å². The Kier molecular flexibility index (Phi) is 4.89. The lowest BCUT2D eigenvalue weighted by Crippen LogP contribution is -2.48. The monoisotopic (exact) mass is 386 g/mol. The second-order valence-electron chi connectivity index (χ2n) is 6.70. The average molecular weight is 386 g/mol. The largest absolute Gasteiger partial charge is 0.462 e. The number of amides is 1. The standard InChI is InChI=1S/C20H22N2O6/c1-5-26-17(23)15-16(21)28-11(4)14(18(24)27-10(2)3)20(15)12-8-6-7-9-13(12)22-19(20)25/h6-10H,5,21H2,1-4H3,(H,22,25)/t20-/m1/s1. The van der Waals surface area contributed by atoms with Crippen LogP contribution in [0.5, 0.6) is 0 Å². The summed E-state index contributed by atoms with van der Waals surface area (Å²) in [6, 6.07) is 6.77. The Labute approximate surface area is 162 Å². The van der Waals surface area contributed by atoms with E-state index in [0.29, 0.717) is 11.3 Å². The molecule has 0 bridgehead atoms. The van der Waals surface area contributed by atoms with Gasteiger partial charge in [-0.25, -0.2) is 9.59 Å². The smallest absolute Gasteiger partial charge is 0.341 e. The van der Waals surface area contributed by atoms with E-state index >= 15 is 0 Å². The summed E-state index contributed by atoms with van der Waals surface area (Å²) in [5.41, 5.74) is 4.75. The molecule has 2 aliphatic rings. The number of nitrogens with one attached hydrogen (secondary N) is 1. The van der Waals surface area contributed by atoms with E-state index in [1.165, 1.54) is 6.92 Å². The Morgan fingerprint density at radius 3 is 2.54 bits per heavy atom. The van der Waals surface area contributed by atoms with Crippen LogP contribution in [-0.2, 0) is 34.0 Å². The number of allylic oxidation sites excluding steroid dienone is 1. The van der Waals surface area contributed by atoms with Crippen LogP contribution < -0.4 is 11.1 Å². The van der Waals surface area contributed by atoms with E-state index < -0.39 is 29.4 Å². The van der Waals surface area contributed by atoms with Crippen LogP contribution >= 0.6 is 0 Å². The maximum Gasteiger partial charge on any atom is 0.341 e. The molecule has 0 fully saturated rings. The zero-order valence-electron chi connectivity index (χ0n) is 16.1. The maximum absolute atomic E-state index is 13.3. The molecule has 8 heteroatoms. The Morgan fingerprint density at radius 1 is 1.21 bits per heavy atom. The van der Waals surface area contributed by atoms with Crippen molar-refractivity contribution in [3.8, 4) is 0 Å². The Balaban J connectivity index is 2.35. The van der Waals surface area contributed by atoms with E-state index in [1.54, 1.807) is 45.0 Å². The van der Waals surface area contributed by atoms with Gasteiger partial charge in [0.1, 0.15) is 22.3 Å². The number of carbonyl (C=O) groups excluding carboxylic acids is 3. The first-order valence-corrected chi connectivity index (χ1v) is 8.93. The van der Waals surface area contributed by atoms with Gasteiger partial charge in [-0.3, -0.25) is 4.79 Å². The Bertz CT molecular complexity index is 930. The number of fused-ring (bicyclic) bond motifs is 2. The van der Waals surface area contributed by atoms with Crippen molar-refractivity contribution in [3.05, 3.63) is 52.6 Å². The lowest BCUT2D eigenvalue weighted by Gasteiger charge is -2.35. The lowest BCUT2D eigenvalue weighted by molar-refractivity contribution is -0.145. The normalized spacial score (nSPS) is 20.8. The summed E-state index contributed by atoms with van der Waals surface area (Å²) in [6.45, 7) is 6.56. The third-order valence-electron chi connectivity index (χ3n) is 4.56. The molecule has 0 aliphatic carbocycles. The minimum atomic E-state index is -1.82. The highest BCUT2D eigenvalue weighted by Gasteiger charge is 2.61. The van der Waals surface area contributed by atoms with Crippen molar-refractivity contribution in [2.24, 2.45) is 5.73 Å². The molecule has 1 amide bonds. The van der Waals surface area contributed by atoms with Gasteiger partial charge in [0, 0.05) is 11.3 Å². The summed E-state index contributed by atoms with van der Waals surface area (Å²) in [5.74, 6) is -2.41. The molecule has 2 aliphatic heterocycles. The zero-order chi connectivity index (χ0) is 20.6. The highest BCUT2D eigenvalue weighted by atomic mass is 16.6. The van der Waals surface area contributed by atoms with Gasteiger partial charge in [0.05, 0.1) is 12.7 Å². The second kappa shape index (κ2) is 7.03. The van der Waals surface area contributed by atoms with Gasteiger partial charge < -0.3 is 25.3 Å². The lowest BCUT2D eigenvalue weighted by atomic mass is 9.67. The number of carbonyl (C=O) groups is 3. The number of ether oxygens (including phenoxy) is 3. The molecular formula is C20H22N2O6. The van der Waals surface area contributed by atoms with Gasteiger partial charge in [-0.05, 0) is 33.8 Å². The quantitative estimate of drug-likeness (QED) is 0.759. The summed E-state index contributed by atoms with van der Waals surface area (Å²) in [7, 11) is 0. The molecule has 3 N–H and O–H groups in total. The van der Waals surface area contributed by atoms with E-state index in [9.17, 15) is 14.4 Å². The van der Waals surface area contributed by atoms with E-state index in [-0.39, 0.29) is 29.4 Å². The molecule has 1 aromatic rings. The van der Waals surface area contributed by atoms with Crippen molar-refractivity contribution in [2.45, 2.75) is 39.2 Å². The first-order chi connectivity index (χ1) is 13.2. The van der Waals surface area contributed by atoms with Crippen molar-refractivity contribution in [3.63, 3.8) is 0 Å². The van der Waals surface area contributed by atoms with Crippen LogP contribution in [0, 0.1) is 0 Å². The van der Waals surface area contributed by atoms with Crippen molar-refractivity contribution >= 4 is 23.5 Å². The van der Waals surface area contributed by atoms with Crippen LogP contribution in [0.25, 0.3) is 0 Å². The molecule has 1 aromatic carbocycles. The molecule has 0 radical (unpaired) electrons. The van der Waals surface area contributed by atoms with Gasteiger partial charge in [-0.1, -0.05) is 18.2 Å². The van der Waals surface area contributed by atoms with E-state index in [2.05, 4.69) is 5.32 Å². The van der Waals surface area contributed by atoms with Gasteiger partial charge in [-0.2, -0.15) is 0 Å². The van der Waals surface area contributed by atoms with Crippen LogP contribution in [-0.4, -0.2) is 30.6 Å². The molecule has 0 saturated heterocycles. The van der Waals surface area contributed by atoms with E-state index in [0.717, 1.165) is 0 Å². The summed E-state index contributed by atoms with van der Waals surface area (Å²) < 4.78 is 16.0. The second-order valence-corrected chi connectivity index (χ2v) is 6.70. The number of rotatable bonds is 4. The molecule has 8 nitrogen and oxygen atoms in total. The average Bonchev–Trinajstić information content (AvgIpc) is 2.87. The van der Waals surface area contributed by atoms with E-state index in [1.807, 2.05) is 0 Å². The molecule has 0 aromatic heterocycles. The predicted molar refractivity (Wildman–Crippen MR) is 99.6 cm³/mol. The van der Waals surface area contributed by atoms with Gasteiger partial charge in [0.25, 0.3) is 0 Å². The topological polar surface area (TPSA) is 117 Å². The van der Waals surface area contributed by atoms with Gasteiger partial charge in [0.2, 0.25) is 11.8 Å². The SMILES string of the molecule is CCOC(=O)C1=C(N)OC(C)=C(C(=O)OC(C)C)[C@@]12C(=O)Nc1ccccc12. The fourth-order valence-corrected chi connectivity index (χ4v) is 3.62.